The number of ether oxygens (including phenoxy) is 2. The molecule has 1 saturated heterocycles. The van der Waals surface area contributed by atoms with Crippen molar-refractivity contribution < 1.29 is 19.1 Å². The monoisotopic (exact) mass is 446 g/mol. The van der Waals surface area contributed by atoms with Crippen molar-refractivity contribution in [3.8, 4) is 5.75 Å². The minimum atomic E-state index is -0.277. The normalized spacial score (nSPS) is 14.8. The summed E-state index contributed by atoms with van der Waals surface area (Å²) in [7, 11) is 0. The fraction of sp³-hybridized carbons (Fsp3) is 0.556. The lowest BCUT2D eigenvalue weighted by Crippen LogP contribution is -2.46. The molecule has 0 atom stereocenters. The second-order valence-corrected chi connectivity index (χ2v) is 7.38. The fourth-order valence-corrected chi connectivity index (χ4v) is 3.46. The zero-order valence-electron chi connectivity index (χ0n) is 14.8. The Labute approximate surface area is 167 Å². The minimum absolute atomic E-state index is 0.00471. The average Bonchev–Trinajstić information content (AvgIpc) is 2.61. The van der Waals surface area contributed by atoms with Crippen LogP contribution in [0.15, 0.2) is 22.7 Å². The van der Waals surface area contributed by atoms with Crippen molar-refractivity contribution in [2.75, 3.05) is 26.3 Å². The van der Waals surface area contributed by atoms with E-state index in [1.807, 2.05) is 6.07 Å². The highest BCUT2D eigenvalue weighted by molar-refractivity contribution is 9.10. The Kier molecular flexibility index (Phi) is 8.51. The SMILES string of the molecule is CCOC(=O)N1CCC(NC(=O)CCCOc2ccc(Br)cc2Cl)CC1. The number of nitrogens with one attached hydrogen (secondary N) is 1. The van der Waals surface area contributed by atoms with Gasteiger partial charge in [-0.1, -0.05) is 27.5 Å². The molecule has 0 spiro atoms. The third kappa shape index (κ3) is 6.68. The van der Waals surface area contributed by atoms with Gasteiger partial charge in [-0.2, -0.15) is 0 Å². The van der Waals surface area contributed by atoms with Crippen molar-refractivity contribution in [1.29, 1.82) is 0 Å². The third-order valence-corrected chi connectivity index (χ3v) is 4.87. The van der Waals surface area contributed by atoms with Gasteiger partial charge in [-0.25, -0.2) is 4.79 Å². The lowest BCUT2D eigenvalue weighted by molar-refractivity contribution is -0.122. The third-order valence-electron chi connectivity index (χ3n) is 4.09. The summed E-state index contributed by atoms with van der Waals surface area (Å²) in [5, 5.41) is 3.56. The highest BCUT2D eigenvalue weighted by Gasteiger charge is 2.24. The Hall–Kier alpha value is -1.47. The summed E-state index contributed by atoms with van der Waals surface area (Å²) in [6, 6.07) is 5.53. The largest absolute Gasteiger partial charge is 0.492 e. The van der Waals surface area contributed by atoms with E-state index in [2.05, 4.69) is 21.2 Å². The number of amides is 2. The van der Waals surface area contributed by atoms with E-state index in [-0.39, 0.29) is 18.0 Å². The van der Waals surface area contributed by atoms with Crippen LogP contribution in [0.2, 0.25) is 5.02 Å². The van der Waals surface area contributed by atoms with Crippen LogP contribution in [-0.4, -0.2) is 49.2 Å². The van der Waals surface area contributed by atoms with Crippen LogP contribution in [-0.2, 0) is 9.53 Å². The first kappa shape index (κ1) is 20.8. The molecule has 1 fully saturated rings. The Morgan fingerprint density at radius 3 is 2.73 bits per heavy atom. The van der Waals surface area contributed by atoms with Gasteiger partial charge in [-0.05, 0) is 44.4 Å². The zero-order chi connectivity index (χ0) is 18.9. The van der Waals surface area contributed by atoms with E-state index < -0.39 is 0 Å². The molecule has 0 radical (unpaired) electrons. The molecule has 8 heteroatoms. The Morgan fingerprint density at radius 2 is 2.08 bits per heavy atom. The van der Waals surface area contributed by atoms with Crippen molar-refractivity contribution in [3.63, 3.8) is 0 Å². The highest BCUT2D eigenvalue weighted by atomic mass is 79.9. The summed E-state index contributed by atoms with van der Waals surface area (Å²) in [6.07, 6.45) is 2.22. The first-order valence-electron chi connectivity index (χ1n) is 8.78. The molecule has 2 amide bonds. The molecule has 0 aromatic heterocycles. The van der Waals surface area contributed by atoms with Gasteiger partial charge in [0.1, 0.15) is 5.75 Å². The molecule has 2 rings (SSSR count). The first-order valence-corrected chi connectivity index (χ1v) is 9.95. The van der Waals surface area contributed by atoms with Crippen LogP contribution in [0.1, 0.15) is 32.6 Å². The number of nitrogens with zero attached hydrogens (tertiary/aromatic N) is 1. The maximum atomic E-state index is 12.0. The van der Waals surface area contributed by atoms with Crippen LogP contribution in [0.3, 0.4) is 0 Å². The van der Waals surface area contributed by atoms with Gasteiger partial charge >= 0.3 is 6.09 Å². The summed E-state index contributed by atoms with van der Waals surface area (Å²) in [5.41, 5.74) is 0. The molecule has 144 valence electrons. The van der Waals surface area contributed by atoms with Gasteiger partial charge in [-0.15, -0.1) is 0 Å². The van der Waals surface area contributed by atoms with Crippen molar-refractivity contribution in [2.45, 2.75) is 38.6 Å². The van der Waals surface area contributed by atoms with Crippen LogP contribution in [0, 0.1) is 0 Å². The quantitative estimate of drug-likeness (QED) is 0.642. The van der Waals surface area contributed by atoms with Crippen molar-refractivity contribution in [3.05, 3.63) is 27.7 Å². The number of benzene rings is 1. The van der Waals surface area contributed by atoms with E-state index in [1.165, 1.54) is 0 Å². The molecular weight excluding hydrogens is 424 g/mol. The molecule has 1 aromatic rings. The van der Waals surface area contributed by atoms with Crippen molar-refractivity contribution in [1.82, 2.24) is 10.2 Å². The van der Waals surface area contributed by atoms with Crippen molar-refractivity contribution >= 4 is 39.5 Å². The predicted octanol–water partition coefficient (Wildman–Crippen LogP) is 4.00. The van der Waals surface area contributed by atoms with Gasteiger partial charge in [0.15, 0.2) is 0 Å². The molecule has 0 bridgehead atoms. The summed E-state index contributed by atoms with van der Waals surface area (Å²) in [4.78, 5) is 25.4. The number of piperidine rings is 1. The van der Waals surface area contributed by atoms with Crippen LogP contribution in [0.5, 0.6) is 5.75 Å². The molecule has 0 unspecified atom stereocenters. The maximum Gasteiger partial charge on any atom is 0.409 e. The maximum absolute atomic E-state index is 12.0. The molecule has 6 nitrogen and oxygen atoms in total. The standard InChI is InChI=1S/C18H24BrClN2O4/c1-2-25-18(24)22-9-7-14(8-10-22)21-17(23)4-3-11-26-16-6-5-13(19)12-15(16)20/h5-6,12,14H,2-4,7-11H2,1H3,(H,21,23). The lowest BCUT2D eigenvalue weighted by atomic mass is 10.1. The Balaban J connectivity index is 1.61. The molecule has 1 aliphatic rings. The molecule has 1 N–H and O–H groups in total. The number of likely N-dealkylation sites (tertiary alicyclic amines) is 1. The fourth-order valence-electron chi connectivity index (χ4n) is 2.73. The number of rotatable bonds is 7. The lowest BCUT2D eigenvalue weighted by Gasteiger charge is -2.31. The molecule has 0 saturated carbocycles. The summed E-state index contributed by atoms with van der Waals surface area (Å²) in [5.74, 6) is 0.617. The smallest absolute Gasteiger partial charge is 0.409 e. The molecule has 1 aliphatic heterocycles. The van der Waals surface area contributed by atoms with Gasteiger partial charge in [-0.3, -0.25) is 4.79 Å². The second-order valence-electron chi connectivity index (χ2n) is 6.05. The number of hydrogen-bond acceptors (Lipinski definition) is 4. The van der Waals surface area contributed by atoms with E-state index >= 15 is 0 Å². The van der Waals surface area contributed by atoms with E-state index in [4.69, 9.17) is 21.1 Å². The van der Waals surface area contributed by atoms with E-state index in [0.29, 0.717) is 49.9 Å². The summed E-state index contributed by atoms with van der Waals surface area (Å²) >= 11 is 9.42. The van der Waals surface area contributed by atoms with E-state index in [1.54, 1.807) is 24.0 Å². The van der Waals surface area contributed by atoms with Gasteiger partial charge < -0.3 is 19.7 Å². The van der Waals surface area contributed by atoms with Gasteiger partial charge in [0.25, 0.3) is 0 Å². The van der Waals surface area contributed by atoms with Crippen LogP contribution in [0.25, 0.3) is 0 Å². The number of carbonyl (C=O) groups is 2. The molecule has 0 aliphatic carbocycles. The summed E-state index contributed by atoms with van der Waals surface area (Å²) in [6.45, 7) is 3.81. The Morgan fingerprint density at radius 1 is 1.35 bits per heavy atom. The molecule has 1 heterocycles. The highest BCUT2D eigenvalue weighted by Crippen LogP contribution is 2.27. The Bertz CT molecular complexity index is 621. The van der Waals surface area contributed by atoms with Gasteiger partial charge in [0, 0.05) is 30.0 Å². The molecule has 1 aromatic carbocycles. The van der Waals surface area contributed by atoms with Gasteiger partial charge in [0.05, 0.1) is 18.2 Å². The number of hydrogen-bond donors (Lipinski definition) is 1. The minimum Gasteiger partial charge on any atom is -0.492 e. The average molecular weight is 448 g/mol. The van der Waals surface area contributed by atoms with Crippen LogP contribution in [0.4, 0.5) is 4.79 Å². The topological polar surface area (TPSA) is 67.9 Å². The summed E-state index contributed by atoms with van der Waals surface area (Å²) < 4.78 is 11.5. The molecule has 26 heavy (non-hydrogen) atoms. The molecular formula is C18H24BrClN2O4. The van der Waals surface area contributed by atoms with Crippen molar-refractivity contribution in [2.24, 2.45) is 0 Å². The van der Waals surface area contributed by atoms with E-state index in [0.717, 1.165) is 17.3 Å². The van der Waals surface area contributed by atoms with Gasteiger partial charge in [0.2, 0.25) is 5.91 Å². The zero-order valence-corrected chi connectivity index (χ0v) is 17.1. The first-order chi connectivity index (χ1) is 12.5. The number of carbonyl (C=O) groups excluding carboxylic acids is 2. The van der Waals surface area contributed by atoms with E-state index in [9.17, 15) is 9.59 Å². The second kappa shape index (κ2) is 10.6. The predicted molar refractivity (Wildman–Crippen MR) is 104 cm³/mol. The van der Waals surface area contributed by atoms with Crippen LogP contribution < -0.4 is 10.1 Å². The van der Waals surface area contributed by atoms with Crippen LogP contribution >= 0.6 is 27.5 Å². The number of halogens is 2.